The molecule has 0 saturated carbocycles. The Bertz CT molecular complexity index is 329. The highest BCUT2D eigenvalue weighted by Gasteiger charge is 2.17. The highest BCUT2D eigenvalue weighted by atomic mass is 16.5. The molecule has 0 aromatic heterocycles. The average molecular weight is 234 g/mol. The third-order valence-electron chi connectivity index (χ3n) is 3.50. The van der Waals surface area contributed by atoms with Crippen molar-refractivity contribution in [1.82, 2.24) is 4.90 Å². The molecule has 1 aliphatic heterocycles. The molecule has 17 heavy (non-hydrogen) atoms. The van der Waals surface area contributed by atoms with E-state index in [0.29, 0.717) is 6.04 Å². The van der Waals surface area contributed by atoms with Crippen LogP contribution in [0.4, 0.5) is 5.69 Å². The van der Waals surface area contributed by atoms with Crippen LogP contribution in [-0.4, -0.2) is 37.7 Å². The van der Waals surface area contributed by atoms with Gasteiger partial charge in [-0.1, -0.05) is 6.92 Å². The number of nitrogens with zero attached hydrogens (tertiary/aromatic N) is 1. The molecule has 0 amide bonds. The number of hydrogen-bond donors (Lipinski definition) is 1. The Morgan fingerprint density at radius 1 is 1.24 bits per heavy atom. The maximum absolute atomic E-state index is 5.15. The Hall–Kier alpha value is -1.22. The van der Waals surface area contributed by atoms with E-state index in [1.54, 1.807) is 7.11 Å². The van der Waals surface area contributed by atoms with Crippen molar-refractivity contribution in [3.63, 3.8) is 0 Å². The Labute approximate surface area is 104 Å². The molecule has 0 aliphatic carbocycles. The first-order valence-corrected chi connectivity index (χ1v) is 6.44. The van der Waals surface area contributed by atoms with Crippen LogP contribution >= 0.6 is 0 Å². The molecule has 0 radical (unpaired) electrons. The van der Waals surface area contributed by atoms with Crippen LogP contribution in [0.1, 0.15) is 19.8 Å². The Balaban J connectivity index is 1.84. The predicted molar refractivity (Wildman–Crippen MR) is 71.8 cm³/mol. The Morgan fingerprint density at radius 2 is 1.88 bits per heavy atom. The second-order valence-corrected chi connectivity index (χ2v) is 4.58. The van der Waals surface area contributed by atoms with Crippen molar-refractivity contribution in [3.8, 4) is 5.75 Å². The van der Waals surface area contributed by atoms with Gasteiger partial charge in [0.15, 0.2) is 0 Å². The maximum Gasteiger partial charge on any atom is 0.119 e. The van der Waals surface area contributed by atoms with Gasteiger partial charge in [-0.3, -0.25) is 0 Å². The summed E-state index contributed by atoms with van der Waals surface area (Å²) >= 11 is 0. The Kier molecular flexibility index (Phi) is 4.26. The molecule has 1 saturated heterocycles. The van der Waals surface area contributed by atoms with Crippen molar-refractivity contribution in [2.45, 2.75) is 25.8 Å². The number of piperidine rings is 1. The minimum atomic E-state index is 0.617. The monoisotopic (exact) mass is 234 g/mol. The van der Waals surface area contributed by atoms with Gasteiger partial charge in [0.05, 0.1) is 7.11 Å². The fourth-order valence-corrected chi connectivity index (χ4v) is 2.32. The minimum Gasteiger partial charge on any atom is -0.497 e. The van der Waals surface area contributed by atoms with Crippen molar-refractivity contribution in [3.05, 3.63) is 24.3 Å². The molecule has 94 valence electrons. The quantitative estimate of drug-likeness (QED) is 0.866. The van der Waals surface area contributed by atoms with E-state index in [4.69, 9.17) is 4.74 Å². The number of nitrogens with one attached hydrogen (secondary N) is 1. The second-order valence-electron chi connectivity index (χ2n) is 4.58. The number of anilines is 1. The number of rotatable bonds is 4. The summed E-state index contributed by atoms with van der Waals surface area (Å²) in [6.45, 7) is 5.83. The summed E-state index contributed by atoms with van der Waals surface area (Å²) < 4.78 is 5.15. The van der Waals surface area contributed by atoms with E-state index >= 15 is 0 Å². The van der Waals surface area contributed by atoms with Gasteiger partial charge in [0.1, 0.15) is 5.75 Å². The minimum absolute atomic E-state index is 0.617. The van der Waals surface area contributed by atoms with Gasteiger partial charge in [0.25, 0.3) is 0 Å². The highest BCUT2D eigenvalue weighted by molar-refractivity contribution is 5.47. The first kappa shape index (κ1) is 12.2. The standard InChI is InChI=1S/C14H22N2O/c1-3-16-10-8-13(9-11-16)15-12-4-6-14(17-2)7-5-12/h4-7,13,15H,3,8-11H2,1-2H3. The average Bonchev–Trinajstić information content (AvgIpc) is 2.40. The molecule has 1 fully saturated rings. The van der Waals surface area contributed by atoms with Gasteiger partial charge in [0.2, 0.25) is 0 Å². The van der Waals surface area contributed by atoms with Gasteiger partial charge in [0, 0.05) is 24.8 Å². The lowest BCUT2D eigenvalue weighted by atomic mass is 10.0. The molecule has 0 spiro atoms. The van der Waals surface area contributed by atoms with Crippen molar-refractivity contribution in [2.75, 3.05) is 32.1 Å². The molecule has 0 unspecified atom stereocenters. The van der Waals surface area contributed by atoms with E-state index in [0.717, 1.165) is 5.75 Å². The van der Waals surface area contributed by atoms with E-state index in [1.807, 2.05) is 12.1 Å². The van der Waals surface area contributed by atoms with Crippen LogP contribution in [0.3, 0.4) is 0 Å². The zero-order chi connectivity index (χ0) is 12.1. The first-order chi connectivity index (χ1) is 8.31. The van der Waals surface area contributed by atoms with Crippen molar-refractivity contribution < 1.29 is 4.74 Å². The smallest absolute Gasteiger partial charge is 0.119 e. The van der Waals surface area contributed by atoms with Crippen LogP contribution in [0.25, 0.3) is 0 Å². The van der Waals surface area contributed by atoms with Gasteiger partial charge < -0.3 is 15.0 Å². The largest absolute Gasteiger partial charge is 0.497 e. The van der Waals surface area contributed by atoms with Crippen molar-refractivity contribution in [2.24, 2.45) is 0 Å². The molecule has 3 nitrogen and oxygen atoms in total. The van der Waals surface area contributed by atoms with E-state index in [-0.39, 0.29) is 0 Å². The summed E-state index contributed by atoms with van der Waals surface area (Å²) in [6, 6.07) is 8.80. The zero-order valence-electron chi connectivity index (χ0n) is 10.8. The lowest BCUT2D eigenvalue weighted by Gasteiger charge is -2.32. The van der Waals surface area contributed by atoms with E-state index in [1.165, 1.54) is 38.2 Å². The van der Waals surface area contributed by atoms with Gasteiger partial charge >= 0.3 is 0 Å². The first-order valence-electron chi connectivity index (χ1n) is 6.44. The Morgan fingerprint density at radius 3 is 2.41 bits per heavy atom. The summed E-state index contributed by atoms with van der Waals surface area (Å²) in [5, 5.41) is 3.59. The molecule has 0 atom stereocenters. The molecule has 2 rings (SSSR count). The molecule has 1 heterocycles. The maximum atomic E-state index is 5.15. The van der Waals surface area contributed by atoms with Gasteiger partial charge in [-0.05, 0) is 43.7 Å². The lowest BCUT2D eigenvalue weighted by molar-refractivity contribution is 0.229. The second kappa shape index (κ2) is 5.92. The summed E-state index contributed by atoms with van der Waals surface area (Å²) in [4.78, 5) is 2.51. The van der Waals surface area contributed by atoms with Crippen LogP contribution in [0.15, 0.2) is 24.3 Å². The van der Waals surface area contributed by atoms with Crippen molar-refractivity contribution in [1.29, 1.82) is 0 Å². The van der Waals surface area contributed by atoms with Crippen LogP contribution in [0.2, 0.25) is 0 Å². The fourth-order valence-electron chi connectivity index (χ4n) is 2.32. The molecule has 1 N–H and O–H groups in total. The van der Waals surface area contributed by atoms with Crippen LogP contribution in [0, 0.1) is 0 Å². The predicted octanol–water partition coefficient (Wildman–Crippen LogP) is 2.59. The van der Waals surface area contributed by atoms with Crippen molar-refractivity contribution >= 4 is 5.69 Å². The zero-order valence-corrected chi connectivity index (χ0v) is 10.8. The SMILES string of the molecule is CCN1CCC(Nc2ccc(OC)cc2)CC1. The van der Waals surface area contributed by atoms with E-state index in [2.05, 4.69) is 29.3 Å². The number of methoxy groups -OCH3 is 1. The van der Waals surface area contributed by atoms with Gasteiger partial charge in [-0.2, -0.15) is 0 Å². The highest BCUT2D eigenvalue weighted by Crippen LogP contribution is 2.19. The molecule has 1 aromatic carbocycles. The lowest BCUT2D eigenvalue weighted by Crippen LogP contribution is -2.38. The third kappa shape index (κ3) is 3.37. The normalized spacial score (nSPS) is 18.0. The van der Waals surface area contributed by atoms with Gasteiger partial charge in [-0.15, -0.1) is 0 Å². The number of hydrogen-bond acceptors (Lipinski definition) is 3. The number of benzene rings is 1. The molecule has 3 heteroatoms. The third-order valence-corrected chi connectivity index (χ3v) is 3.50. The van der Waals surface area contributed by atoms with Crippen LogP contribution < -0.4 is 10.1 Å². The summed E-state index contributed by atoms with van der Waals surface area (Å²) in [6.07, 6.45) is 2.47. The molecule has 1 aromatic rings. The summed E-state index contributed by atoms with van der Waals surface area (Å²) in [5.74, 6) is 0.913. The molecule has 0 bridgehead atoms. The van der Waals surface area contributed by atoms with E-state index < -0.39 is 0 Å². The van der Waals surface area contributed by atoms with E-state index in [9.17, 15) is 0 Å². The topological polar surface area (TPSA) is 24.5 Å². The number of likely N-dealkylation sites (tertiary alicyclic amines) is 1. The molecular formula is C14H22N2O. The fraction of sp³-hybridized carbons (Fsp3) is 0.571. The summed E-state index contributed by atoms with van der Waals surface area (Å²) in [7, 11) is 1.70. The van der Waals surface area contributed by atoms with Crippen LogP contribution in [-0.2, 0) is 0 Å². The van der Waals surface area contributed by atoms with Gasteiger partial charge in [-0.25, -0.2) is 0 Å². The molecular weight excluding hydrogens is 212 g/mol. The molecule has 1 aliphatic rings. The summed E-state index contributed by atoms with van der Waals surface area (Å²) in [5.41, 5.74) is 1.20. The van der Waals surface area contributed by atoms with Crippen LogP contribution in [0.5, 0.6) is 5.75 Å². The number of ether oxygens (including phenoxy) is 1.